The highest BCUT2D eigenvalue weighted by molar-refractivity contribution is 5.78. The molecule has 4 nitrogen and oxygen atoms in total. The molecule has 0 spiro atoms. The summed E-state index contributed by atoms with van der Waals surface area (Å²) in [6.45, 7) is 5.19. The van der Waals surface area contributed by atoms with Gasteiger partial charge in [0.1, 0.15) is 0 Å². The number of likely N-dealkylation sites (N-methyl/N-ethyl adjacent to an activating group) is 1. The van der Waals surface area contributed by atoms with Crippen molar-refractivity contribution in [3.8, 4) is 0 Å². The first-order chi connectivity index (χ1) is 8.81. The fraction of sp³-hybridized carbons (Fsp3) is 0.929. The fourth-order valence-electron chi connectivity index (χ4n) is 2.62. The average molecular weight is 254 g/mol. The van der Waals surface area contributed by atoms with Crippen molar-refractivity contribution in [2.24, 2.45) is 0 Å². The Labute approximate surface area is 110 Å². The molecule has 1 atom stereocenters. The molecule has 1 heterocycles. The molecule has 1 unspecified atom stereocenters. The second-order valence-electron chi connectivity index (χ2n) is 5.36. The second kappa shape index (κ2) is 7.10. The molecule has 1 saturated heterocycles. The standard InChI is InChI=1S/C14H26N2O2/c1-2-16(12-6-7-12)14(17)11-15-9-8-13-5-3-4-10-18-13/h12-13,15H,2-11H2,1H3. The van der Waals surface area contributed by atoms with Crippen LogP contribution in [0, 0.1) is 0 Å². The number of nitrogens with one attached hydrogen (secondary N) is 1. The zero-order chi connectivity index (χ0) is 12.8. The van der Waals surface area contributed by atoms with Gasteiger partial charge in [0.2, 0.25) is 5.91 Å². The normalized spacial score (nSPS) is 23.9. The predicted molar refractivity (Wildman–Crippen MR) is 71.5 cm³/mol. The Morgan fingerprint density at radius 3 is 2.78 bits per heavy atom. The molecule has 0 aromatic carbocycles. The molecule has 0 bridgehead atoms. The molecule has 1 saturated carbocycles. The van der Waals surface area contributed by atoms with Crippen LogP contribution in [0.1, 0.15) is 45.4 Å². The molecule has 4 heteroatoms. The number of hydrogen-bond donors (Lipinski definition) is 1. The van der Waals surface area contributed by atoms with Crippen LogP contribution in [0.2, 0.25) is 0 Å². The van der Waals surface area contributed by atoms with E-state index in [0.29, 0.717) is 18.7 Å². The van der Waals surface area contributed by atoms with E-state index >= 15 is 0 Å². The van der Waals surface area contributed by atoms with Crippen LogP contribution in [0.25, 0.3) is 0 Å². The van der Waals surface area contributed by atoms with Gasteiger partial charge in [-0.3, -0.25) is 4.79 Å². The van der Waals surface area contributed by atoms with Crippen molar-refractivity contribution >= 4 is 5.91 Å². The van der Waals surface area contributed by atoms with Gasteiger partial charge in [0.15, 0.2) is 0 Å². The number of amides is 1. The third kappa shape index (κ3) is 4.25. The maximum Gasteiger partial charge on any atom is 0.236 e. The number of carbonyl (C=O) groups excluding carboxylic acids is 1. The number of ether oxygens (including phenoxy) is 1. The zero-order valence-corrected chi connectivity index (χ0v) is 11.5. The minimum Gasteiger partial charge on any atom is -0.378 e. The molecular weight excluding hydrogens is 228 g/mol. The molecular formula is C14H26N2O2. The topological polar surface area (TPSA) is 41.6 Å². The molecule has 2 rings (SSSR count). The summed E-state index contributed by atoms with van der Waals surface area (Å²) in [6.07, 6.45) is 7.49. The Kier molecular flexibility index (Phi) is 5.45. The van der Waals surface area contributed by atoms with Crippen molar-refractivity contribution in [1.29, 1.82) is 0 Å². The van der Waals surface area contributed by atoms with E-state index in [9.17, 15) is 4.79 Å². The summed E-state index contributed by atoms with van der Waals surface area (Å²) < 4.78 is 5.67. The molecule has 0 aromatic rings. The van der Waals surface area contributed by atoms with Gasteiger partial charge in [-0.15, -0.1) is 0 Å². The first kappa shape index (κ1) is 13.8. The molecule has 1 amide bonds. The number of nitrogens with zero attached hydrogens (tertiary/aromatic N) is 1. The summed E-state index contributed by atoms with van der Waals surface area (Å²) >= 11 is 0. The van der Waals surface area contributed by atoms with Crippen LogP contribution in [0.5, 0.6) is 0 Å². The molecule has 18 heavy (non-hydrogen) atoms. The largest absolute Gasteiger partial charge is 0.378 e. The molecule has 0 radical (unpaired) electrons. The molecule has 2 aliphatic rings. The van der Waals surface area contributed by atoms with Crippen molar-refractivity contribution in [3.05, 3.63) is 0 Å². The van der Waals surface area contributed by atoms with Crippen LogP contribution in [0.15, 0.2) is 0 Å². The minimum atomic E-state index is 0.254. The van der Waals surface area contributed by atoms with Crippen molar-refractivity contribution in [2.45, 2.75) is 57.6 Å². The van der Waals surface area contributed by atoms with Crippen LogP contribution in [-0.2, 0) is 9.53 Å². The maximum atomic E-state index is 11.9. The fourth-order valence-corrected chi connectivity index (χ4v) is 2.62. The molecule has 2 fully saturated rings. The highest BCUT2D eigenvalue weighted by Gasteiger charge is 2.30. The first-order valence-electron chi connectivity index (χ1n) is 7.43. The van der Waals surface area contributed by atoms with Crippen LogP contribution in [0.3, 0.4) is 0 Å². The monoisotopic (exact) mass is 254 g/mol. The van der Waals surface area contributed by atoms with Crippen molar-refractivity contribution in [1.82, 2.24) is 10.2 Å². The predicted octanol–water partition coefficient (Wildman–Crippen LogP) is 1.55. The second-order valence-corrected chi connectivity index (χ2v) is 5.36. The van der Waals surface area contributed by atoms with Gasteiger partial charge < -0.3 is 15.0 Å². The van der Waals surface area contributed by atoms with E-state index in [1.165, 1.54) is 32.1 Å². The SMILES string of the molecule is CCN(C(=O)CNCCC1CCCCO1)C1CC1. The Morgan fingerprint density at radius 1 is 1.33 bits per heavy atom. The number of carbonyl (C=O) groups is 1. The van der Waals surface area contributed by atoms with Crippen LogP contribution >= 0.6 is 0 Å². The van der Waals surface area contributed by atoms with Crippen LogP contribution in [0.4, 0.5) is 0 Å². The summed E-state index contributed by atoms with van der Waals surface area (Å²) in [5, 5.41) is 3.26. The third-order valence-corrected chi connectivity index (χ3v) is 3.84. The van der Waals surface area contributed by atoms with E-state index in [1.54, 1.807) is 0 Å². The van der Waals surface area contributed by atoms with Gasteiger partial charge in [0.25, 0.3) is 0 Å². The zero-order valence-electron chi connectivity index (χ0n) is 11.5. The van der Waals surface area contributed by atoms with Gasteiger partial charge in [-0.25, -0.2) is 0 Å². The Morgan fingerprint density at radius 2 is 2.17 bits per heavy atom. The van der Waals surface area contributed by atoms with Gasteiger partial charge in [-0.1, -0.05) is 0 Å². The molecule has 1 aliphatic carbocycles. The van der Waals surface area contributed by atoms with Gasteiger partial charge in [0.05, 0.1) is 12.6 Å². The quantitative estimate of drug-likeness (QED) is 0.701. The summed E-state index contributed by atoms with van der Waals surface area (Å²) in [7, 11) is 0. The van der Waals surface area contributed by atoms with E-state index in [2.05, 4.69) is 12.2 Å². The Hall–Kier alpha value is -0.610. The Balaban J connectivity index is 1.55. The van der Waals surface area contributed by atoms with Crippen LogP contribution in [-0.4, -0.2) is 49.2 Å². The lowest BCUT2D eigenvalue weighted by molar-refractivity contribution is -0.130. The highest BCUT2D eigenvalue weighted by Crippen LogP contribution is 2.26. The number of hydrogen-bond acceptors (Lipinski definition) is 3. The molecule has 104 valence electrons. The van der Waals surface area contributed by atoms with E-state index in [0.717, 1.165) is 26.1 Å². The van der Waals surface area contributed by atoms with Gasteiger partial charge in [-0.05, 0) is 52.0 Å². The van der Waals surface area contributed by atoms with Gasteiger partial charge in [-0.2, -0.15) is 0 Å². The average Bonchev–Trinajstić information content (AvgIpc) is 3.21. The van der Waals surface area contributed by atoms with Gasteiger partial charge >= 0.3 is 0 Å². The van der Waals surface area contributed by atoms with Crippen molar-refractivity contribution < 1.29 is 9.53 Å². The number of rotatable bonds is 7. The molecule has 1 N–H and O–H groups in total. The van der Waals surface area contributed by atoms with Crippen molar-refractivity contribution in [3.63, 3.8) is 0 Å². The van der Waals surface area contributed by atoms with Crippen LogP contribution < -0.4 is 5.32 Å². The highest BCUT2D eigenvalue weighted by atomic mass is 16.5. The smallest absolute Gasteiger partial charge is 0.236 e. The Bertz CT molecular complexity index is 261. The lowest BCUT2D eigenvalue weighted by Crippen LogP contribution is -2.40. The van der Waals surface area contributed by atoms with Crippen molar-refractivity contribution in [2.75, 3.05) is 26.2 Å². The molecule has 1 aliphatic heterocycles. The minimum absolute atomic E-state index is 0.254. The van der Waals surface area contributed by atoms with Gasteiger partial charge in [0, 0.05) is 19.2 Å². The van der Waals surface area contributed by atoms with E-state index in [1.807, 2.05) is 4.90 Å². The lowest BCUT2D eigenvalue weighted by Gasteiger charge is -2.23. The van der Waals surface area contributed by atoms with E-state index in [-0.39, 0.29) is 5.91 Å². The van der Waals surface area contributed by atoms with E-state index < -0.39 is 0 Å². The lowest BCUT2D eigenvalue weighted by atomic mass is 10.1. The van der Waals surface area contributed by atoms with E-state index in [4.69, 9.17) is 4.74 Å². The summed E-state index contributed by atoms with van der Waals surface area (Å²) in [5.74, 6) is 0.254. The maximum absolute atomic E-state index is 11.9. The summed E-state index contributed by atoms with van der Waals surface area (Å²) in [6, 6.07) is 0.533. The molecule has 0 aromatic heterocycles. The first-order valence-corrected chi connectivity index (χ1v) is 7.43. The summed E-state index contributed by atoms with van der Waals surface area (Å²) in [4.78, 5) is 13.9. The summed E-state index contributed by atoms with van der Waals surface area (Å²) in [5.41, 5.74) is 0. The third-order valence-electron chi connectivity index (χ3n) is 3.84.